The van der Waals surface area contributed by atoms with Gasteiger partial charge in [0.2, 0.25) is 0 Å². The number of H-pyrrole nitrogens is 1. The molecule has 2 aromatic rings. The molecule has 0 atom stereocenters. The molecule has 2 aromatic heterocycles. The lowest BCUT2D eigenvalue weighted by atomic mass is 10.2. The van der Waals surface area contributed by atoms with Crippen molar-refractivity contribution in [3.63, 3.8) is 0 Å². The summed E-state index contributed by atoms with van der Waals surface area (Å²) in [6.45, 7) is 0. The maximum Gasteiger partial charge on any atom is 0.150 e. The number of nitrogens with zero attached hydrogens (tertiary/aromatic N) is 2. The molecule has 0 amide bonds. The summed E-state index contributed by atoms with van der Waals surface area (Å²) in [5.41, 5.74) is 1.15. The largest absolute Gasteiger partial charge is 0.343 e. The molecule has 0 bridgehead atoms. The lowest BCUT2D eigenvalue weighted by Gasteiger charge is -2.05. The fraction of sp³-hybridized carbons (Fsp3) is 0.250. The van der Waals surface area contributed by atoms with Gasteiger partial charge in [0.15, 0.2) is 5.82 Å². The van der Waals surface area contributed by atoms with E-state index in [0.717, 1.165) is 18.7 Å². The van der Waals surface area contributed by atoms with Gasteiger partial charge in [-0.1, -0.05) is 12.2 Å². The first-order valence-electron chi connectivity index (χ1n) is 5.45. The number of hydrogen-bond donors (Lipinski definition) is 1. The van der Waals surface area contributed by atoms with Gasteiger partial charge in [0, 0.05) is 17.7 Å². The van der Waals surface area contributed by atoms with Crippen molar-refractivity contribution in [2.45, 2.75) is 18.8 Å². The van der Waals surface area contributed by atoms with E-state index in [1.54, 1.807) is 18.3 Å². The Balaban J connectivity index is 2.14. The van der Waals surface area contributed by atoms with Crippen LogP contribution in [0.4, 0.5) is 4.39 Å². The van der Waals surface area contributed by atoms with Crippen LogP contribution in [0.3, 0.4) is 0 Å². The molecule has 1 aliphatic rings. The number of aromatic nitrogens is 3. The highest BCUT2D eigenvalue weighted by molar-refractivity contribution is 7.71. The molecule has 3 nitrogen and oxygen atoms in total. The number of nitrogens with one attached hydrogen (secondary N) is 1. The average Bonchev–Trinajstić information content (AvgIpc) is 3.12. The third kappa shape index (κ3) is 2.10. The van der Waals surface area contributed by atoms with E-state index in [1.807, 2.05) is 0 Å². The lowest BCUT2D eigenvalue weighted by molar-refractivity contribution is 0.624. The lowest BCUT2D eigenvalue weighted by Crippen LogP contribution is -1.97. The predicted octanol–water partition coefficient (Wildman–Crippen LogP) is 3.22. The molecule has 0 aromatic carbocycles. The molecule has 0 aliphatic heterocycles. The van der Waals surface area contributed by atoms with E-state index < -0.39 is 0 Å². The minimum Gasteiger partial charge on any atom is -0.343 e. The van der Waals surface area contributed by atoms with E-state index in [2.05, 4.69) is 15.0 Å². The standard InChI is InChI=1S/C12H10FN3S/c13-9-6-14-4-3-8(9)10-5-11(17)16-12(15-10)7-1-2-7/h3-7H,1-2H2,(H,15,16,17). The molecule has 1 saturated carbocycles. The summed E-state index contributed by atoms with van der Waals surface area (Å²) in [7, 11) is 0. The molecule has 3 rings (SSSR count). The average molecular weight is 247 g/mol. The summed E-state index contributed by atoms with van der Waals surface area (Å²) in [5.74, 6) is 0.969. The summed E-state index contributed by atoms with van der Waals surface area (Å²) in [6.07, 6.45) is 5.01. The number of aromatic amines is 1. The summed E-state index contributed by atoms with van der Waals surface area (Å²) in [6, 6.07) is 3.31. The molecule has 0 unspecified atom stereocenters. The molecular formula is C12H10FN3S. The summed E-state index contributed by atoms with van der Waals surface area (Å²) in [4.78, 5) is 11.2. The molecule has 0 radical (unpaired) electrons. The second-order valence-electron chi connectivity index (χ2n) is 4.15. The van der Waals surface area contributed by atoms with Crippen molar-refractivity contribution in [2.24, 2.45) is 0 Å². The minimum absolute atomic E-state index is 0.355. The van der Waals surface area contributed by atoms with E-state index in [4.69, 9.17) is 12.2 Å². The highest BCUT2D eigenvalue weighted by atomic mass is 32.1. The Morgan fingerprint density at radius 1 is 1.41 bits per heavy atom. The summed E-state index contributed by atoms with van der Waals surface area (Å²) >= 11 is 5.11. The molecule has 0 saturated heterocycles. The SMILES string of the molecule is Fc1cnccc1-c1cc(=S)nc(C2CC2)[nH]1. The van der Waals surface area contributed by atoms with Gasteiger partial charge in [-0.05, 0) is 25.0 Å². The number of halogens is 1. The van der Waals surface area contributed by atoms with Gasteiger partial charge in [0.1, 0.15) is 10.5 Å². The van der Waals surface area contributed by atoms with Crippen molar-refractivity contribution >= 4 is 12.2 Å². The quantitative estimate of drug-likeness (QED) is 0.828. The van der Waals surface area contributed by atoms with Crippen LogP contribution < -0.4 is 0 Å². The van der Waals surface area contributed by atoms with Gasteiger partial charge in [0.25, 0.3) is 0 Å². The number of pyridine rings is 1. The topological polar surface area (TPSA) is 41.6 Å². The van der Waals surface area contributed by atoms with Crippen molar-refractivity contribution < 1.29 is 4.39 Å². The molecule has 17 heavy (non-hydrogen) atoms. The van der Waals surface area contributed by atoms with Gasteiger partial charge in [-0.2, -0.15) is 0 Å². The molecule has 1 N–H and O–H groups in total. The zero-order valence-corrected chi connectivity index (χ0v) is 9.80. The highest BCUT2D eigenvalue weighted by Gasteiger charge is 2.26. The first-order chi connectivity index (χ1) is 8.24. The summed E-state index contributed by atoms with van der Waals surface area (Å²) in [5, 5.41) is 0. The Bertz CT molecular complexity index is 619. The first kappa shape index (κ1) is 10.5. The van der Waals surface area contributed by atoms with Crippen LogP contribution in [0.5, 0.6) is 0 Å². The van der Waals surface area contributed by atoms with Crippen LogP contribution in [0.1, 0.15) is 24.6 Å². The van der Waals surface area contributed by atoms with E-state index in [9.17, 15) is 4.39 Å². The van der Waals surface area contributed by atoms with Gasteiger partial charge in [-0.15, -0.1) is 0 Å². The van der Waals surface area contributed by atoms with Crippen LogP contribution in [0.25, 0.3) is 11.3 Å². The molecule has 5 heteroatoms. The minimum atomic E-state index is -0.355. The van der Waals surface area contributed by atoms with Crippen LogP contribution in [-0.4, -0.2) is 15.0 Å². The van der Waals surface area contributed by atoms with Gasteiger partial charge >= 0.3 is 0 Å². The smallest absolute Gasteiger partial charge is 0.150 e. The van der Waals surface area contributed by atoms with E-state index >= 15 is 0 Å². The van der Waals surface area contributed by atoms with Crippen LogP contribution in [0.15, 0.2) is 24.5 Å². The van der Waals surface area contributed by atoms with Crippen LogP contribution in [0, 0.1) is 10.5 Å². The fourth-order valence-electron chi connectivity index (χ4n) is 1.77. The van der Waals surface area contributed by atoms with Gasteiger partial charge in [0.05, 0.1) is 11.9 Å². The number of rotatable bonds is 2. The Morgan fingerprint density at radius 3 is 2.94 bits per heavy atom. The van der Waals surface area contributed by atoms with Crippen LogP contribution >= 0.6 is 12.2 Å². The normalized spacial score (nSPS) is 14.9. The van der Waals surface area contributed by atoms with Crippen LogP contribution in [-0.2, 0) is 0 Å². The van der Waals surface area contributed by atoms with E-state index in [1.165, 1.54) is 6.20 Å². The predicted molar refractivity (Wildman–Crippen MR) is 64.6 cm³/mol. The van der Waals surface area contributed by atoms with Gasteiger partial charge < -0.3 is 4.98 Å². The molecule has 86 valence electrons. The molecular weight excluding hydrogens is 237 g/mol. The Kier molecular flexibility index (Phi) is 2.48. The zero-order chi connectivity index (χ0) is 11.8. The maximum absolute atomic E-state index is 13.6. The molecule has 1 aliphatic carbocycles. The maximum atomic E-state index is 13.6. The first-order valence-corrected chi connectivity index (χ1v) is 5.86. The van der Waals surface area contributed by atoms with Crippen molar-refractivity contribution in [1.29, 1.82) is 0 Å². The van der Waals surface area contributed by atoms with Crippen molar-refractivity contribution in [2.75, 3.05) is 0 Å². The molecule has 2 heterocycles. The Morgan fingerprint density at radius 2 is 2.24 bits per heavy atom. The van der Waals surface area contributed by atoms with Gasteiger partial charge in [-0.3, -0.25) is 4.98 Å². The van der Waals surface area contributed by atoms with Gasteiger partial charge in [-0.25, -0.2) is 9.37 Å². The van der Waals surface area contributed by atoms with Crippen LogP contribution in [0.2, 0.25) is 0 Å². The monoisotopic (exact) mass is 247 g/mol. The van der Waals surface area contributed by atoms with E-state index in [-0.39, 0.29) is 5.82 Å². The van der Waals surface area contributed by atoms with Crippen molar-refractivity contribution in [1.82, 2.24) is 15.0 Å². The van der Waals surface area contributed by atoms with Crippen molar-refractivity contribution in [3.8, 4) is 11.3 Å². The third-order valence-corrected chi connectivity index (χ3v) is 3.00. The highest BCUT2D eigenvalue weighted by Crippen LogP contribution is 2.38. The Hall–Kier alpha value is -1.62. The zero-order valence-electron chi connectivity index (χ0n) is 8.98. The molecule has 1 fully saturated rings. The van der Waals surface area contributed by atoms with Crippen molar-refractivity contribution in [3.05, 3.63) is 40.8 Å². The second-order valence-corrected chi connectivity index (χ2v) is 4.57. The second kappa shape index (κ2) is 4.00. The molecule has 0 spiro atoms. The van der Waals surface area contributed by atoms with E-state index in [0.29, 0.717) is 21.8 Å². The summed E-state index contributed by atoms with van der Waals surface area (Å²) < 4.78 is 14.1. The third-order valence-electron chi connectivity index (χ3n) is 2.79. The fourth-order valence-corrected chi connectivity index (χ4v) is 1.98. The number of hydrogen-bond acceptors (Lipinski definition) is 3. The Labute approximate surface area is 103 Å².